The average Bonchev–Trinajstić information content (AvgIpc) is 2.67. The summed E-state index contributed by atoms with van der Waals surface area (Å²) in [5, 5.41) is 3.86. The van der Waals surface area contributed by atoms with E-state index < -0.39 is 0 Å². The molecule has 0 saturated heterocycles. The van der Waals surface area contributed by atoms with E-state index in [9.17, 15) is 0 Å². The van der Waals surface area contributed by atoms with Gasteiger partial charge in [-0.05, 0) is 35.2 Å². The minimum Gasteiger partial charge on any atom is -0.201 e. The van der Waals surface area contributed by atoms with Crippen LogP contribution in [0.4, 0.5) is 0 Å². The lowest BCUT2D eigenvalue weighted by atomic mass is 10.8. The summed E-state index contributed by atoms with van der Waals surface area (Å²) in [6, 6.07) is 3.81. The number of rotatable bonds is 0. The molecule has 0 fully saturated rings. The summed E-state index contributed by atoms with van der Waals surface area (Å²) in [6.45, 7) is 0. The zero-order chi connectivity index (χ0) is 7.07. The Morgan fingerprint density at radius 1 is 0.800 bits per heavy atom. The van der Waals surface area contributed by atoms with E-state index in [2.05, 4.69) is 8.75 Å². The number of hydrogen-bond donors (Lipinski definition) is 0. The van der Waals surface area contributed by atoms with E-state index in [4.69, 9.17) is 0 Å². The topological polar surface area (TPSA) is 25.8 Å². The summed E-state index contributed by atoms with van der Waals surface area (Å²) in [4.78, 5) is 0. The minimum atomic E-state index is 1.46. The monoisotopic (exact) mass is 170 g/mol. The van der Waals surface area contributed by atoms with Crippen LogP contribution in [0.1, 0.15) is 0 Å². The fourth-order valence-electron chi connectivity index (χ4n) is 0.351. The predicted octanol–water partition coefficient (Wildman–Crippen LogP) is 2.29. The smallest absolute Gasteiger partial charge is 0.0406 e. The van der Waals surface area contributed by atoms with Gasteiger partial charge in [-0.3, -0.25) is 0 Å². The lowest BCUT2D eigenvalue weighted by Crippen LogP contribution is -1.32. The quantitative estimate of drug-likeness (QED) is 0.606. The van der Waals surface area contributed by atoms with Crippen LogP contribution in [-0.2, 0) is 0 Å². The van der Waals surface area contributed by atoms with Gasteiger partial charge >= 0.3 is 0 Å². The fraction of sp³-hybridized carbons (Fsp3) is 0. The maximum Gasteiger partial charge on any atom is 0.0406 e. The molecule has 0 amide bonds. The van der Waals surface area contributed by atoms with Crippen molar-refractivity contribution in [2.75, 3.05) is 0 Å². The molecule has 0 bridgehead atoms. The predicted molar refractivity (Wildman–Crippen MR) is 44.2 cm³/mol. The van der Waals surface area contributed by atoms with Gasteiger partial charge in [-0.15, -0.1) is 0 Å². The zero-order valence-corrected chi connectivity index (χ0v) is 6.81. The van der Waals surface area contributed by atoms with Crippen LogP contribution in [-0.4, -0.2) is 8.75 Å². The highest BCUT2D eigenvalue weighted by Gasteiger charge is 1.60. The largest absolute Gasteiger partial charge is 0.201 e. The minimum absolute atomic E-state index is 1.46. The molecule has 4 heteroatoms. The highest BCUT2D eigenvalue weighted by Crippen LogP contribution is 1.84. The van der Waals surface area contributed by atoms with Crippen molar-refractivity contribution in [2.24, 2.45) is 0 Å². The lowest BCUT2D eigenvalue weighted by Gasteiger charge is -1.41. The van der Waals surface area contributed by atoms with Crippen molar-refractivity contribution in [1.82, 2.24) is 8.75 Å². The van der Waals surface area contributed by atoms with Crippen molar-refractivity contribution in [2.45, 2.75) is 0 Å². The van der Waals surface area contributed by atoms with Crippen LogP contribution in [0, 0.1) is 0 Å². The summed E-state index contributed by atoms with van der Waals surface area (Å²) < 4.78 is 7.53. The molecule has 0 spiro atoms. The van der Waals surface area contributed by atoms with Gasteiger partial charge in [0.25, 0.3) is 0 Å². The normalized spacial score (nSPS) is 8.00. The van der Waals surface area contributed by atoms with Gasteiger partial charge in [0.05, 0.1) is 0 Å². The Hall–Kier alpha value is -0.740. The molecule has 0 aliphatic carbocycles. The summed E-state index contributed by atoms with van der Waals surface area (Å²) in [6.07, 6.45) is 3.54. The van der Waals surface area contributed by atoms with E-state index in [1.807, 2.05) is 22.9 Å². The van der Waals surface area contributed by atoms with Crippen LogP contribution in [0.25, 0.3) is 0 Å². The van der Waals surface area contributed by atoms with Gasteiger partial charge in [0.15, 0.2) is 0 Å². The first kappa shape index (κ1) is 7.37. The van der Waals surface area contributed by atoms with Gasteiger partial charge in [0.1, 0.15) is 0 Å². The van der Waals surface area contributed by atoms with Crippen molar-refractivity contribution in [1.29, 1.82) is 0 Å². The SMILES string of the molecule is c1cnsc1.c1cnsc1. The lowest BCUT2D eigenvalue weighted by molar-refractivity contribution is 1.58. The summed E-state index contributed by atoms with van der Waals surface area (Å²) in [5.74, 6) is 0. The van der Waals surface area contributed by atoms with E-state index >= 15 is 0 Å². The Bertz CT molecular complexity index is 153. The number of aromatic nitrogens is 2. The molecule has 0 aromatic carbocycles. The third-order valence-electron chi connectivity index (χ3n) is 0.694. The molecule has 10 heavy (non-hydrogen) atoms. The van der Waals surface area contributed by atoms with Crippen LogP contribution < -0.4 is 0 Å². The van der Waals surface area contributed by atoms with E-state index in [0.717, 1.165) is 0 Å². The van der Waals surface area contributed by atoms with Crippen LogP contribution in [0.5, 0.6) is 0 Å². The van der Waals surface area contributed by atoms with E-state index in [1.165, 1.54) is 23.1 Å². The Kier molecular flexibility index (Phi) is 3.74. The van der Waals surface area contributed by atoms with Crippen LogP contribution in [0.15, 0.2) is 35.3 Å². The Morgan fingerprint density at radius 3 is 1.40 bits per heavy atom. The van der Waals surface area contributed by atoms with Crippen molar-refractivity contribution in [3.63, 3.8) is 0 Å². The first-order valence-corrected chi connectivity index (χ1v) is 4.36. The van der Waals surface area contributed by atoms with Gasteiger partial charge in [0.2, 0.25) is 0 Å². The second-order valence-electron chi connectivity index (χ2n) is 1.38. The van der Waals surface area contributed by atoms with Crippen molar-refractivity contribution < 1.29 is 0 Å². The number of hydrogen-bond acceptors (Lipinski definition) is 4. The van der Waals surface area contributed by atoms with Crippen LogP contribution in [0.2, 0.25) is 0 Å². The Balaban J connectivity index is 0.0000001000. The maximum atomic E-state index is 3.76. The van der Waals surface area contributed by atoms with E-state index in [-0.39, 0.29) is 0 Å². The Morgan fingerprint density at radius 2 is 1.30 bits per heavy atom. The summed E-state index contributed by atoms with van der Waals surface area (Å²) in [5.41, 5.74) is 0. The molecular weight excluding hydrogens is 164 g/mol. The molecule has 0 saturated carbocycles. The van der Waals surface area contributed by atoms with Crippen molar-refractivity contribution in [3.05, 3.63) is 35.3 Å². The zero-order valence-electron chi connectivity index (χ0n) is 5.18. The molecule has 2 rings (SSSR count). The van der Waals surface area contributed by atoms with Crippen molar-refractivity contribution >= 4 is 23.1 Å². The molecule has 0 N–H and O–H groups in total. The first-order chi connectivity index (χ1) is 5.00. The molecular formula is C6H6N2S2. The van der Waals surface area contributed by atoms with Gasteiger partial charge < -0.3 is 0 Å². The molecule has 0 aliphatic rings. The average molecular weight is 170 g/mol. The highest BCUT2D eigenvalue weighted by atomic mass is 32.1. The fourth-order valence-corrected chi connectivity index (χ4v) is 1.05. The summed E-state index contributed by atoms with van der Waals surface area (Å²) in [7, 11) is 0. The molecule has 2 aromatic heterocycles. The standard InChI is InChI=1S/2C3H3NS/c2*1-2-4-5-3-1/h2*1-3H. The second kappa shape index (κ2) is 5.08. The molecule has 0 aliphatic heterocycles. The maximum absolute atomic E-state index is 3.76. The first-order valence-electron chi connectivity index (χ1n) is 2.69. The molecule has 0 radical (unpaired) electrons. The van der Waals surface area contributed by atoms with Crippen LogP contribution in [0.3, 0.4) is 0 Å². The highest BCUT2D eigenvalue weighted by molar-refractivity contribution is 7.03. The van der Waals surface area contributed by atoms with Gasteiger partial charge in [-0.1, -0.05) is 0 Å². The Labute approximate surface area is 67.5 Å². The molecule has 0 unspecified atom stereocenters. The molecule has 2 heterocycles. The van der Waals surface area contributed by atoms with Crippen LogP contribution >= 0.6 is 23.1 Å². The molecule has 2 nitrogen and oxygen atoms in total. The molecule has 52 valence electrons. The second-order valence-corrected chi connectivity index (χ2v) is 2.76. The van der Waals surface area contributed by atoms with Gasteiger partial charge in [-0.25, -0.2) is 8.75 Å². The number of nitrogens with zero attached hydrogens (tertiary/aromatic N) is 2. The van der Waals surface area contributed by atoms with E-state index in [0.29, 0.717) is 0 Å². The third kappa shape index (κ3) is 3.32. The van der Waals surface area contributed by atoms with Gasteiger partial charge in [-0.2, -0.15) is 0 Å². The third-order valence-corrected chi connectivity index (χ3v) is 1.74. The van der Waals surface area contributed by atoms with Crippen molar-refractivity contribution in [3.8, 4) is 0 Å². The molecule has 2 aromatic rings. The molecule has 0 atom stereocenters. The summed E-state index contributed by atoms with van der Waals surface area (Å²) >= 11 is 2.93. The van der Waals surface area contributed by atoms with E-state index in [1.54, 1.807) is 12.4 Å². The van der Waals surface area contributed by atoms with Gasteiger partial charge in [0, 0.05) is 23.2 Å².